The Kier molecular flexibility index (Phi) is 3.95. The fraction of sp³-hybridized carbons (Fsp3) is 0.167. The molecule has 0 aliphatic carbocycles. The third-order valence-electron chi connectivity index (χ3n) is 2.27. The molecule has 88 valence electrons. The highest BCUT2D eigenvalue weighted by Crippen LogP contribution is 2.15. The molecular formula is C12H11N2O2S-. The normalized spacial score (nSPS) is 12.3. The van der Waals surface area contributed by atoms with Crippen molar-refractivity contribution < 1.29 is 8.76 Å². The van der Waals surface area contributed by atoms with Crippen LogP contribution in [0.15, 0.2) is 42.6 Å². The lowest BCUT2D eigenvalue weighted by atomic mass is 10.1. The first-order chi connectivity index (χ1) is 8.25. The van der Waals surface area contributed by atoms with E-state index in [0.717, 1.165) is 11.3 Å². The molecule has 0 spiro atoms. The van der Waals surface area contributed by atoms with Crippen LogP contribution >= 0.6 is 0 Å². The maximum Gasteiger partial charge on any atom is 0.129 e. The summed E-state index contributed by atoms with van der Waals surface area (Å²) in [7, 11) is 0. The molecule has 0 saturated heterocycles. The molecule has 17 heavy (non-hydrogen) atoms. The number of aromatic nitrogens is 2. The highest BCUT2D eigenvalue weighted by atomic mass is 32.2. The molecular weight excluding hydrogens is 236 g/mol. The number of rotatable bonds is 4. The van der Waals surface area contributed by atoms with Gasteiger partial charge in [0.1, 0.15) is 5.82 Å². The number of benzene rings is 1. The molecule has 0 N–H and O–H groups in total. The minimum Gasteiger partial charge on any atom is -0.772 e. The Balaban J connectivity index is 2.20. The highest BCUT2D eigenvalue weighted by Gasteiger charge is 2.01. The summed E-state index contributed by atoms with van der Waals surface area (Å²) in [5.41, 5.74) is 1.81. The van der Waals surface area contributed by atoms with Crippen molar-refractivity contribution >= 4 is 11.1 Å². The van der Waals surface area contributed by atoms with E-state index in [2.05, 4.69) is 9.97 Å². The molecule has 1 aromatic carbocycles. The van der Waals surface area contributed by atoms with Gasteiger partial charge < -0.3 is 4.55 Å². The van der Waals surface area contributed by atoms with E-state index in [1.807, 2.05) is 36.4 Å². The summed E-state index contributed by atoms with van der Waals surface area (Å²) in [6.45, 7) is 0. The van der Waals surface area contributed by atoms with Gasteiger partial charge in [-0.2, -0.15) is 0 Å². The topological polar surface area (TPSA) is 65.9 Å². The van der Waals surface area contributed by atoms with Crippen LogP contribution in [0, 0.1) is 0 Å². The fourth-order valence-electron chi connectivity index (χ4n) is 1.46. The Morgan fingerprint density at radius 3 is 2.65 bits per heavy atom. The highest BCUT2D eigenvalue weighted by molar-refractivity contribution is 7.79. The number of hydrogen-bond acceptors (Lipinski definition) is 4. The molecule has 1 atom stereocenters. The molecule has 2 rings (SSSR count). The van der Waals surface area contributed by atoms with Crippen LogP contribution in [0.5, 0.6) is 0 Å². The van der Waals surface area contributed by atoms with Gasteiger partial charge in [0.15, 0.2) is 0 Å². The van der Waals surface area contributed by atoms with Crippen LogP contribution < -0.4 is 0 Å². The quantitative estimate of drug-likeness (QED) is 0.769. The lowest BCUT2D eigenvalue weighted by Gasteiger charge is -2.05. The third-order valence-corrected chi connectivity index (χ3v) is 2.80. The van der Waals surface area contributed by atoms with E-state index in [1.165, 1.54) is 0 Å². The van der Waals surface area contributed by atoms with E-state index in [-0.39, 0.29) is 5.75 Å². The largest absolute Gasteiger partial charge is 0.772 e. The number of hydrogen-bond donors (Lipinski definition) is 0. The molecule has 5 heteroatoms. The van der Waals surface area contributed by atoms with Gasteiger partial charge >= 0.3 is 0 Å². The summed E-state index contributed by atoms with van der Waals surface area (Å²) in [6, 6.07) is 11.5. The van der Waals surface area contributed by atoms with Crippen LogP contribution in [0.25, 0.3) is 11.3 Å². The van der Waals surface area contributed by atoms with E-state index in [0.29, 0.717) is 12.2 Å². The minimum atomic E-state index is -2.05. The third kappa shape index (κ3) is 3.44. The molecule has 4 nitrogen and oxygen atoms in total. The molecule has 0 fully saturated rings. The maximum atomic E-state index is 10.5. The smallest absolute Gasteiger partial charge is 0.129 e. The van der Waals surface area contributed by atoms with Gasteiger partial charge in [-0.25, -0.2) is 9.97 Å². The zero-order valence-electron chi connectivity index (χ0n) is 9.07. The van der Waals surface area contributed by atoms with Crippen LogP contribution in [0.2, 0.25) is 0 Å². The predicted molar refractivity (Wildman–Crippen MR) is 65.0 cm³/mol. The summed E-state index contributed by atoms with van der Waals surface area (Å²) in [6.07, 6.45) is 2.00. The van der Waals surface area contributed by atoms with Gasteiger partial charge in [-0.05, 0) is 6.07 Å². The second-order valence-corrected chi connectivity index (χ2v) is 4.50. The number of aryl methyl sites for hydroxylation is 1. The fourth-order valence-corrected chi connectivity index (χ4v) is 1.81. The van der Waals surface area contributed by atoms with Crippen LogP contribution in [-0.4, -0.2) is 24.5 Å². The van der Waals surface area contributed by atoms with Crippen LogP contribution in [0.3, 0.4) is 0 Å². The van der Waals surface area contributed by atoms with Crippen LogP contribution in [-0.2, 0) is 17.5 Å². The summed E-state index contributed by atoms with van der Waals surface area (Å²) >= 11 is -2.05. The van der Waals surface area contributed by atoms with Crippen molar-refractivity contribution in [3.05, 3.63) is 48.4 Å². The van der Waals surface area contributed by atoms with Gasteiger partial charge in [0.2, 0.25) is 0 Å². The lowest BCUT2D eigenvalue weighted by Crippen LogP contribution is -2.04. The first-order valence-corrected chi connectivity index (χ1v) is 6.43. The Hall–Kier alpha value is -1.59. The van der Waals surface area contributed by atoms with Crippen molar-refractivity contribution in [2.45, 2.75) is 6.42 Å². The minimum absolute atomic E-state index is 0.0538. The Morgan fingerprint density at radius 1 is 1.18 bits per heavy atom. The maximum absolute atomic E-state index is 10.5. The molecule has 0 aliphatic rings. The predicted octanol–water partition coefficient (Wildman–Crippen LogP) is 1.57. The first kappa shape index (κ1) is 11.9. The Morgan fingerprint density at radius 2 is 1.94 bits per heavy atom. The molecule has 0 amide bonds. The van der Waals surface area contributed by atoms with Gasteiger partial charge in [0.25, 0.3) is 0 Å². The van der Waals surface area contributed by atoms with E-state index >= 15 is 0 Å². The average Bonchev–Trinajstić information content (AvgIpc) is 2.38. The van der Waals surface area contributed by atoms with Crippen LogP contribution in [0.1, 0.15) is 5.82 Å². The van der Waals surface area contributed by atoms with Crippen LogP contribution in [0.4, 0.5) is 0 Å². The molecule has 1 aromatic heterocycles. The Bertz CT molecular complexity index is 517. The second-order valence-electron chi connectivity index (χ2n) is 3.48. The molecule has 0 radical (unpaired) electrons. The average molecular weight is 247 g/mol. The van der Waals surface area contributed by atoms with Crippen molar-refractivity contribution in [3.63, 3.8) is 0 Å². The summed E-state index contributed by atoms with van der Waals surface area (Å²) in [4.78, 5) is 8.38. The summed E-state index contributed by atoms with van der Waals surface area (Å²) < 4.78 is 20.9. The van der Waals surface area contributed by atoms with Gasteiger partial charge in [0.05, 0.1) is 5.69 Å². The van der Waals surface area contributed by atoms with Crippen molar-refractivity contribution in [2.75, 3.05) is 5.75 Å². The first-order valence-electron chi connectivity index (χ1n) is 5.19. The zero-order chi connectivity index (χ0) is 12.1. The molecule has 0 bridgehead atoms. The van der Waals surface area contributed by atoms with Crippen molar-refractivity contribution in [1.29, 1.82) is 0 Å². The van der Waals surface area contributed by atoms with E-state index in [4.69, 9.17) is 0 Å². The van der Waals surface area contributed by atoms with Crippen molar-refractivity contribution in [3.8, 4) is 11.3 Å². The van der Waals surface area contributed by atoms with Gasteiger partial charge in [0, 0.05) is 23.9 Å². The molecule has 0 saturated carbocycles. The summed E-state index contributed by atoms with van der Waals surface area (Å²) in [5.74, 6) is 0.605. The number of nitrogens with zero attached hydrogens (tertiary/aromatic N) is 2. The Labute approximate surface area is 102 Å². The van der Waals surface area contributed by atoms with Crippen molar-refractivity contribution in [2.24, 2.45) is 0 Å². The van der Waals surface area contributed by atoms with Gasteiger partial charge in [-0.1, -0.05) is 41.4 Å². The van der Waals surface area contributed by atoms with E-state index in [9.17, 15) is 8.76 Å². The van der Waals surface area contributed by atoms with Gasteiger partial charge in [-0.15, -0.1) is 0 Å². The molecule has 1 heterocycles. The van der Waals surface area contributed by atoms with E-state index in [1.54, 1.807) is 6.20 Å². The van der Waals surface area contributed by atoms with Crippen molar-refractivity contribution in [1.82, 2.24) is 9.97 Å². The van der Waals surface area contributed by atoms with Gasteiger partial charge in [-0.3, -0.25) is 4.21 Å². The second kappa shape index (κ2) is 5.65. The lowest BCUT2D eigenvalue weighted by molar-refractivity contribution is 0.536. The molecule has 0 aliphatic heterocycles. The molecule has 1 unspecified atom stereocenters. The monoisotopic (exact) mass is 247 g/mol. The standard InChI is InChI=1S/C12H12N2O2S/c15-17(16)9-7-12-13-8-6-11(14-12)10-4-2-1-3-5-10/h1-6,8H,7,9H2,(H,15,16)/p-1. The summed E-state index contributed by atoms with van der Waals surface area (Å²) in [5, 5.41) is 0. The van der Waals surface area contributed by atoms with E-state index < -0.39 is 11.1 Å². The molecule has 2 aromatic rings. The zero-order valence-corrected chi connectivity index (χ0v) is 9.89. The SMILES string of the molecule is O=S([O-])CCc1nccc(-c2ccccc2)n1.